The van der Waals surface area contributed by atoms with Gasteiger partial charge in [0.25, 0.3) is 5.91 Å². The van der Waals surface area contributed by atoms with Crippen molar-refractivity contribution in [3.05, 3.63) is 59.8 Å². The number of carbonyl (C=O) groups excluding carboxylic acids is 2. The van der Waals surface area contributed by atoms with Crippen LogP contribution >= 0.6 is 0 Å². The SMILES string of the molecule is COc1cccc(CNC(=O)CC2CCN(C(=O)c3cc4ccc(OC)cc4[nH]3)CC2)c1. The van der Waals surface area contributed by atoms with E-state index in [4.69, 9.17) is 9.47 Å². The fourth-order valence-electron chi connectivity index (χ4n) is 4.18. The van der Waals surface area contributed by atoms with E-state index in [0.29, 0.717) is 31.7 Å². The molecule has 1 aliphatic heterocycles. The lowest BCUT2D eigenvalue weighted by molar-refractivity contribution is -0.122. The molecule has 1 saturated heterocycles. The van der Waals surface area contributed by atoms with Gasteiger partial charge in [-0.1, -0.05) is 12.1 Å². The lowest BCUT2D eigenvalue weighted by Crippen LogP contribution is -2.39. The molecular weight excluding hydrogens is 406 g/mol. The minimum Gasteiger partial charge on any atom is -0.497 e. The first-order valence-electron chi connectivity index (χ1n) is 10.9. The largest absolute Gasteiger partial charge is 0.497 e. The molecule has 2 heterocycles. The molecule has 0 aliphatic carbocycles. The molecule has 0 radical (unpaired) electrons. The van der Waals surface area contributed by atoms with Crippen LogP contribution in [-0.4, -0.2) is 49.0 Å². The summed E-state index contributed by atoms with van der Waals surface area (Å²) in [7, 11) is 3.25. The Morgan fingerprint density at radius 3 is 2.53 bits per heavy atom. The van der Waals surface area contributed by atoms with E-state index in [2.05, 4.69) is 10.3 Å². The monoisotopic (exact) mass is 435 g/mol. The number of H-pyrrole nitrogens is 1. The van der Waals surface area contributed by atoms with Crippen LogP contribution in [0.5, 0.6) is 11.5 Å². The maximum absolute atomic E-state index is 12.9. The maximum Gasteiger partial charge on any atom is 0.270 e. The highest BCUT2D eigenvalue weighted by Gasteiger charge is 2.26. The second kappa shape index (κ2) is 9.77. The van der Waals surface area contributed by atoms with E-state index in [1.165, 1.54) is 0 Å². The Kier molecular flexibility index (Phi) is 6.63. The number of hydrogen-bond acceptors (Lipinski definition) is 4. The number of benzene rings is 2. The highest BCUT2D eigenvalue weighted by molar-refractivity contribution is 5.98. The van der Waals surface area contributed by atoms with Gasteiger partial charge in [-0.15, -0.1) is 0 Å². The summed E-state index contributed by atoms with van der Waals surface area (Å²) >= 11 is 0. The Morgan fingerprint density at radius 1 is 1.03 bits per heavy atom. The Labute approximate surface area is 187 Å². The average Bonchev–Trinajstić information content (AvgIpc) is 3.26. The minimum absolute atomic E-state index is 0.00101. The molecule has 0 saturated carbocycles. The molecule has 2 N–H and O–H groups in total. The van der Waals surface area contributed by atoms with E-state index in [1.807, 2.05) is 53.4 Å². The van der Waals surface area contributed by atoms with Crippen molar-refractivity contribution < 1.29 is 19.1 Å². The molecule has 1 aliphatic rings. The quantitative estimate of drug-likeness (QED) is 0.592. The Hall–Kier alpha value is -3.48. The summed E-state index contributed by atoms with van der Waals surface area (Å²) in [6, 6.07) is 15.3. The van der Waals surface area contributed by atoms with Gasteiger partial charge in [0.05, 0.1) is 14.2 Å². The van der Waals surface area contributed by atoms with E-state index < -0.39 is 0 Å². The van der Waals surface area contributed by atoms with E-state index >= 15 is 0 Å². The van der Waals surface area contributed by atoms with Gasteiger partial charge >= 0.3 is 0 Å². The van der Waals surface area contributed by atoms with Gasteiger partial charge in [-0.25, -0.2) is 0 Å². The van der Waals surface area contributed by atoms with E-state index in [1.54, 1.807) is 14.2 Å². The van der Waals surface area contributed by atoms with Crippen LogP contribution in [0.1, 0.15) is 35.3 Å². The smallest absolute Gasteiger partial charge is 0.270 e. The number of methoxy groups -OCH3 is 2. The second-order valence-corrected chi connectivity index (χ2v) is 8.20. The first-order valence-corrected chi connectivity index (χ1v) is 10.9. The molecule has 0 spiro atoms. The zero-order chi connectivity index (χ0) is 22.5. The first kappa shape index (κ1) is 21.7. The van der Waals surface area contributed by atoms with Gasteiger partial charge in [0.15, 0.2) is 0 Å². The number of fused-ring (bicyclic) bond motifs is 1. The highest BCUT2D eigenvalue weighted by Crippen LogP contribution is 2.25. The Bertz CT molecular complexity index is 1100. The Balaban J connectivity index is 1.26. The zero-order valence-corrected chi connectivity index (χ0v) is 18.5. The van der Waals surface area contributed by atoms with Crippen molar-refractivity contribution in [2.24, 2.45) is 5.92 Å². The van der Waals surface area contributed by atoms with Gasteiger partial charge < -0.3 is 24.7 Å². The average molecular weight is 436 g/mol. The number of aromatic amines is 1. The van der Waals surface area contributed by atoms with Crippen molar-refractivity contribution in [2.75, 3.05) is 27.3 Å². The van der Waals surface area contributed by atoms with Crippen LogP contribution in [0.15, 0.2) is 48.5 Å². The number of carbonyl (C=O) groups is 2. The van der Waals surface area contributed by atoms with Gasteiger partial charge in [-0.3, -0.25) is 9.59 Å². The summed E-state index contributed by atoms with van der Waals surface area (Å²) in [4.78, 5) is 30.4. The summed E-state index contributed by atoms with van der Waals surface area (Å²) in [5, 5.41) is 3.97. The van der Waals surface area contributed by atoms with E-state index in [-0.39, 0.29) is 17.7 Å². The van der Waals surface area contributed by atoms with Crippen LogP contribution in [0.4, 0.5) is 0 Å². The van der Waals surface area contributed by atoms with Crippen LogP contribution in [0.3, 0.4) is 0 Å². The number of nitrogens with zero attached hydrogens (tertiary/aromatic N) is 1. The lowest BCUT2D eigenvalue weighted by Gasteiger charge is -2.31. The number of aromatic nitrogens is 1. The molecule has 0 unspecified atom stereocenters. The number of amides is 2. The summed E-state index contributed by atoms with van der Waals surface area (Å²) < 4.78 is 10.5. The summed E-state index contributed by atoms with van der Waals surface area (Å²) in [5.74, 6) is 1.87. The van der Waals surface area contributed by atoms with Gasteiger partial charge in [0.1, 0.15) is 17.2 Å². The molecular formula is C25H29N3O4. The summed E-state index contributed by atoms with van der Waals surface area (Å²) in [6.07, 6.45) is 2.14. The van der Waals surface area contributed by atoms with Crippen molar-refractivity contribution in [3.63, 3.8) is 0 Å². The number of hydrogen-bond donors (Lipinski definition) is 2. The molecule has 32 heavy (non-hydrogen) atoms. The number of piperidine rings is 1. The maximum atomic E-state index is 12.9. The molecule has 2 aromatic carbocycles. The topological polar surface area (TPSA) is 83.7 Å². The lowest BCUT2D eigenvalue weighted by atomic mass is 9.93. The molecule has 1 aromatic heterocycles. The van der Waals surface area contributed by atoms with Crippen LogP contribution in [0.25, 0.3) is 10.9 Å². The van der Waals surface area contributed by atoms with Crippen molar-refractivity contribution >= 4 is 22.7 Å². The van der Waals surface area contributed by atoms with Crippen molar-refractivity contribution in [2.45, 2.75) is 25.8 Å². The number of ether oxygens (including phenoxy) is 2. The highest BCUT2D eigenvalue weighted by atomic mass is 16.5. The molecule has 7 nitrogen and oxygen atoms in total. The van der Waals surface area contributed by atoms with Gasteiger partial charge in [0, 0.05) is 43.0 Å². The minimum atomic E-state index is 0.00101. The Morgan fingerprint density at radius 2 is 1.78 bits per heavy atom. The van der Waals surface area contributed by atoms with Crippen molar-refractivity contribution in [1.29, 1.82) is 0 Å². The van der Waals surface area contributed by atoms with Crippen molar-refractivity contribution in [1.82, 2.24) is 15.2 Å². The first-order chi connectivity index (χ1) is 15.6. The van der Waals surface area contributed by atoms with E-state index in [0.717, 1.165) is 40.8 Å². The number of rotatable bonds is 7. The predicted octanol–water partition coefficient (Wildman–Crippen LogP) is 3.74. The third-order valence-electron chi connectivity index (χ3n) is 6.06. The zero-order valence-electron chi connectivity index (χ0n) is 18.5. The molecule has 2 amide bonds. The summed E-state index contributed by atoms with van der Waals surface area (Å²) in [5.41, 5.74) is 2.48. The predicted molar refractivity (Wildman–Crippen MR) is 123 cm³/mol. The molecule has 4 rings (SSSR count). The van der Waals surface area contributed by atoms with Crippen LogP contribution in [0, 0.1) is 5.92 Å². The third-order valence-corrected chi connectivity index (χ3v) is 6.06. The van der Waals surface area contributed by atoms with E-state index in [9.17, 15) is 9.59 Å². The second-order valence-electron chi connectivity index (χ2n) is 8.20. The summed E-state index contributed by atoms with van der Waals surface area (Å²) in [6.45, 7) is 1.80. The van der Waals surface area contributed by atoms with Gasteiger partial charge in [-0.05, 0) is 54.7 Å². The molecule has 168 valence electrons. The van der Waals surface area contributed by atoms with Crippen LogP contribution in [0.2, 0.25) is 0 Å². The fourth-order valence-corrected chi connectivity index (χ4v) is 4.18. The van der Waals surface area contributed by atoms with Gasteiger partial charge in [-0.2, -0.15) is 0 Å². The molecule has 0 bridgehead atoms. The molecule has 1 fully saturated rings. The number of nitrogens with one attached hydrogen (secondary N) is 2. The number of likely N-dealkylation sites (tertiary alicyclic amines) is 1. The molecule has 0 atom stereocenters. The fraction of sp³-hybridized carbons (Fsp3) is 0.360. The molecule has 7 heteroatoms. The van der Waals surface area contributed by atoms with Crippen LogP contribution < -0.4 is 14.8 Å². The third kappa shape index (κ3) is 5.04. The standard InChI is InChI=1S/C25H29N3O4/c1-31-20-5-3-4-18(12-20)16-26-24(29)13-17-8-10-28(11-9-17)25(30)23-14-19-6-7-21(32-2)15-22(19)27-23/h3-7,12,14-15,17,27H,8-11,13,16H2,1-2H3,(H,26,29). The van der Waals surface area contributed by atoms with Crippen LogP contribution in [-0.2, 0) is 11.3 Å². The van der Waals surface area contributed by atoms with Crippen molar-refractivity contribution in [3.8, 4) is 11.5 Å². The van der Waals surface area contributed by atoms with Gasteiger partial charge in [0.2, 0.25) is 5.91 Å². The molecule has 3 aromatic rings. The normalized spacial score (nSPS) is 14.4.